The summed E-state index contributed by atoms with van der Waals surface area (Å²) < 4.78 is 36.6. The lowest BCUT2D eigenvalue weighted by Crippen LogP contribution is -2.61. The van der Waals surface area contributed by atoms with Crippen molar-refractivity contribution in [2.75, 3.05) is 20.6 Å². The smallest absolute Gasteiger partial charge is 0.244 e. The number of likely N-dealkylation sites (N-methyl/N-ethyl adjacent to an activating group) is 1. The van der Waals surface area contributed by atoms with E-state index in [1.807, 2.05) is 44.1 Å². The summed E-state index contributed by atoms with van der Waals surface area (Å²) in [5.74, 6) is 0.0531. The number of nitrogens with one attached hydrogen (secondary N) is 1. The normalized spacial score (nSPS) is 32.4. The molecule has 2 aromatic rings. The Morgan fingerprint density at radius 3 is 2.57 bits per heavy atom. The Hall–Kier alpha value is -1.82. The number of aliphatic hydroxyl groups excluding tert-OH is 2. The highest BCUT2D eigenvalue weighted by atomic mass is 32.2. The number of nitrogens with zero attached hydrogens (tertiary/aromatic N) is 3. The summed E-state index contributed by atoms with van der Waals surface area (Å²) in [6.07, 6.45) is 1.86. The third-order valence-electron chi connectivity index (χ3n) is 7.80. The Bertz CT molecular complexity index is 1140. The van der Waals surface area contributed by atoms with Crippen molar-refractivity contribution in [2.45, 2.75) is 79.8 Å². The lowest BCUT2D eigenvalue weighted by molar-refractivity contribution is -0.250. The van der Waals surface area contributed by atoms with E-state index in [9.17, 15) is 18.6 Å². The molecular weight excluding hydrogens is 468 g/mol. The molecule has 1 aromatic carbocycles. The summed E-state index contributed by atoms with van der Waals surface area (Å²) in [4.78, 5) is 2.09. The Kier molecular flexibility index (Phi) is 7.18. The second-order valence-electron chi connectivity index (χ2n) is 10.6. The molecule has 0 radical (unpaired) electrons. The molecule has 2 fully saturated rings. The van der Waals surface area contributed by atoms with Gasteiger partial charge in [-0.3, -0.25) is 4.68 Å². The topological polar surface area (TPSA) is 117 Å². The van der Waals surface area contributed by atoms with Gasteiger partial charge < -0.3 is 19.8 Å². The van der Waals surface area contributed by atoms with Gasteiger partial charge in [-0.25, -0.2) is 13.1 Å². The standard InChI is InChI=1S/C25H38N4O5S/c1-17-21(16-29(5)27-17)35(32,33)26-15-22(30)25-12-11-20(28(3)4)23(31)24(2,34-25)13-19(14-25)18-9-7-6-8-10-18/h6-10,16,19-20,22-23,26,30-31H,11-15H2,1-5H3/t19-,20-,22-,23+,24+,25+/m1/s1. The van der Waals surface area contributed by atoms with Gasteiger partial charge in [0.1, 0.15) is 4.90 Å². The highest BCUT2D eigenvalue weighted by molar-refractivity contribution is 7.89. The van der Waals surface area contributed by atoms with E-state index in [2.05, 4.69) is 22.0 Å². The average Bonchev–Trinajstić information content (AvgIpc) is 3.12. The third kappa shape index (κ3) is 5.05. The van der Waals surface area contributed by atoms with Crippen LogP contribution in [0.2, 0.25) is 0 Å². The zero-order valence-corrected chi connectivity index (χ0v) is 22.0. The largest absolute Gasteiger partial charge is 0.389 e. The van der Waals surface area contributed by atoms with Gasteiger partial charge in [0.05, 0.1) is 29.1 Å². The second-order valence-corrected chi connectivity index (χ2v) is 12.4. The third-order valence-corrected chi connectivity index (χ3v) is 9.33. The molecule has 194 valence electrons. The number of rotatable bonds is 7. The fourth-order valence-electron chi connectivity index (χ4n) is 5.98. The van der Waals surface area contributed by atoms with E-state index in [1.165, 1.54) is 10.9 Å². The van der Waals surface area contributed by atoms with Crippen molar-refractivity contribution in [1.29, 1.82) is 0 Å². The van der Waals surface area contributed by atoms with Gasteiger partial charge in [0.25, 0.3) is 0 Å². The summed E-state index contributed by atoms with van der Waals surface area (Å²) >= 11 is 0. The van der Waals surface area contributed by atoms with Gasteiger partial charge in [-0.1, -0.05) is 30.3 Å². The zero-order valence-electron chi connectivity index (χ0n) is 21.2. The Labute approximate surface area is 208 Å². The number of hydrogen-bond acceptors (Lipinski definition) is 7. The van der Waals surface area contributed by atoms with Crippen molar-refractivity contribution in [1.82, 2.24) is 19.4 Å². The molecule has 2 bridgehead atoms. The van der Waals surface area contributed by atoms with E-state index < -0.39 is 33.4 Å². The van der Waals surface area contributed by atoms with Crippen molar-refractivity contribution >= 4 is 10.0 Å². The van der Waals surface area contributed by atoms with Crippen molar-refractivity contribution in [3.05, 3.63) is 47.8 Å². The Morgan fingerprint density at radius 2 is 1.97 bits per heavy atom. The SMILES string of the molecule is Cc1nn(C)cc1S(=O)(=O)NC[C@@H](O)[C@]12CC[C@@H](N(C)C)[C@H](O)[C@](C)(C[C@@H](c3ccccc3)C1)O2. The zero-order chi connectivity index (χ0) is 25.6. The van der Waals surface area contributed by atoms with Crippen LogP contribution in [0.15, 0.2) is 41.4 Å². The summed E-state index contributed by atoms with van der Waals surface area (Å²) in [6, 6.07) is 9.93. The van der Waals surface area contributed by atoms with Crippen LogP contribution in [-0.2, 0) is 21.8 Å². The maximum atomic E-state index is 13.0. The molecule has 3 heterocycles. The van der Waals surface area contributed by atoms with E-state index in [0.717, 1.165) is 5.56 Å². The molecular formula is C25H38N4O5S. The number of hydrogen-bond donors (Lipinski definition) is 3. The molecule has 9 nitrogen and oxygen atoms in total. The minimum Gasteiger partial charge on any atom is -0.389 e. The molecule has 10 heteroatoms. The first-order chi connectivity index (χ1) is 16.4. The number of benzene rings is 1. The lowest BCUT2D eigenvalue weighted by Gasteiger charge is -2.52. The van der Waals surface area contributed by atoms with Crippen molar-refractivity contribution in [3.8, 4) is 0 Å². The number of aromatic nitrogens is 2. The van der Waals surface area contributed by atoms with Crippen molar-refractivity contribution in [2.24, 2.45) is 7.05 Å². The number of fused-ring (bicyclic) bond motifs is 2. The molecule has 0 spiro atoms. The number of aryl methyl sites for hydroxylation is 2. The molecule has 35 heavy (non-hydrogen) atoms. The van der Waals surface area contributed by atoms with E-state index in [0.29, 0.717) is 31.4 Å². The van der Waals surface area contributed by atoms with E-state index in [-0.39, 0.29) is 23.4 Å². The monoisotopic (exact) mass is 506 g/mol. The average molecular weight is 507 g/mol. The fraction of sp³-hybridized carbons (Fsp3) is 0.640. The van der Waals surface area contributed by atoms with E-state index >= 15 is 0 Å². The van der Waals surface area contributed by atoms with Crippen LogP contribution in [0.1, 0.15) is 49.8 Å². The first-order valence-corrected chi connectivity index (χ1v) is 13.6. The second kappa shape index (κ2) is 9.57. The first kappa shape index (κ1) is 26.2. The quantitative estimate of drug-likeness (QED) is 0.522. The molecule has 4 rings (SSSR count). The molecule has 2 aliphatic heterocycles. The van der Waals surface area contributed by atoms with Crippen LogP contribution in [0.4, 0.5) is 0 Å². The Balaban J connectivity index is 1.65. The van der Waals surface area contributed by atoms with Crippen molar-refractivity contribution in [3.63, 3.8) is 0 Å². The number of aliphatic hydroxyl groups is 2. The van der Waals surface area contributed by atoms with Crippen molar-refractivity contribution < 1.29 is 23.4 Å². The molecule has 0 amide bonds. The van der Waals surface area contributed by atoms with Crippen LogP contribution in [0, 0.1) is 6.92 Å². The van der Waals surface area contributed by atoms with Gasteiger partial charge in [-0.2, -0.15) is 5.10 Å². The van der Waals surface area contributed by atoms with Crippen LogP contribution in [0.25, 0.3) is 0 Å². The molecule has 6 atom stereocenters. The minimum absolute atomic E-state index is 0.0531. The van der Waals surface area contributed by atoms with E-state index in [1.54, 1.807) is 14.0 Å². The maximum Gasteiger partial charge on any atom is 0.244 e. The Morgan fingerprint density at radius 1 is 1.29 bits per heavy atom. The van der Waals surface area contributed by atoms with Crippen LogP contribution >= 0.6 is 0 Å². The molecule has 0 saturated carbocycles. The van der Waals surface area contributed by atoms with Crippen LogP contribution in [0.5, 0.6) is 0 Å². The summed E-state index contributed by atoms with van der Waals surface area (Å²) in [7, 11) is 1.68. The predicted octanol–water partition coefficient (Wildman–Crippen LogP) is 1.54. The van der Waals surface area contributed by atoms with Gasteiger partial charge in [0.15, 0.2) is 0 Å². The van der Waals surface area contributed by atoms with Gasteiger partial charge in [0, 0.05) is 25.8 Å². The van der Waals surface area contributed by atoms with Crippen LogP contribution < -0.4 is 4.72 Å². The molecule has 1 aromatic heterocycles. The van der Waals surface area contributed by atoms with Crippen LogP contribution in [-0.4, -0.2) is 83.4 Å². The molecule has 2 aliphatic rings. The lowest BCUT2D eigenvalue weighted by atomic mass is 9.72. The van der Waals surface area contributed by atoms with Crippen LogP contribution in [0.3, 0.4) is 0 Å². The fourth-order valence-corrected chi connectivity index (χ4v) is 7.24. The van der Waals surface area contributed by atoms with Gasteiger partial charge >= 0.3 is 0 Å². The first-order valence-electron chi connectivity index (χ1n) is 12.1. The molecule has 0 unspecified atom stereocenters. The van der Waals surface area contributed by atoms with E-state index in [4.69, 9.17) is 4.74 Å². The van der Waals surface area contributed by atoms with Gasteiger partial charge in [-0.15, -0.1) is 0 Å². The summed E-state index contributed by atoms with van der Waals surface area (Å²) in [6.45, 7) is 3.36. The highest BCUT2D eigenvalue weighted by Gasteiger charge is 2.57. The summed E-state index contributed by atoms with van der Waals surface area (Å²) in [5.41, 5.74) is -0.388. The maximum absolute atomic E-state index is 13.0. The number of ether oxygens (including phenoxy) is 1. The highest BCUT2D eigenvalue weighted by Crippen LogP contribution is 2.51. The summed E-state index contributed by atoms with van der Waals surface area (Å²) in [5, 5.41) is 27.0. The molecule has 2 saturated heterocycles. The minimum atomic E-state index is -3.87. The molecule has 3 N–H and O–H groups in total. The van der Waals surface area contributed by atoms with Gasteiger partial charge in [-0.05, 0) is 65.1 Å². The molecule has 0 aliphatic carbocycles. The van der Waals surface area contributed by atoms with Gasteiger partial charge in [0.2, 0.25) is 10.0 Å². The number of sulfonamides is 1. The predicted molar refractivity (Wildman–Crippen MR) is 132 cm³/mol.